The fraction of sp³-hybridized carbons (Fsp3) is 0.500. The molecule has 0 atom stereocenters. The SMILES string of the molecule is Cc1cncc(-c2cc(NC(=O)CCCN3CCCCC3)n[nH]2)c1. The van der Waals surface area contributed by atoms with Gasteiger partial charge < -0.3 is 10.2 Å². The van der Waals surface area contributed by atoms with Crippen molar-refractivity contribution in [2.75, 3.05) is 25.0 Å². The zero-order valence-electron chi connectivity index (χ0n) is 14.2. The van der Waals surface area contributed by atoms with Gasteiger partial charge in [0.15, 0.2) is 5.82 Å². The Bertz CT molecular complexity index is 676. The number of carbonyl (C=O) groups excluding carboxylic acids is 1. The molecule has 6 heteroatoms. The lowest BCUT2D eigenvalue weighted by atomic mass is 10.1. The summed E-state index contributed by atoms with van der Waals surface area (Å²) in [6.07, 6.45) is 8.94. The van der Waals surface area contributed by atoms with Crippen LogP contribution in [0, 0.1) is 6.92 Å². The van der Waals surface area contributed by atoms with Crippen molar-refractivity contribution in [2.45, 2.75) is 39.0 Å². The molecule has 3 heterocycles. The van der Waals surface area contributed by atoms with Crippen LogP contribution in [0.5, 0.6) is 0 Å². The van der Waals surface area contributed by atoms with Gasteiger partial charge in [0.25, 0.3) is 0 Å². The van der Waals surface area contributed by atoms with Crippen molar-refractivity contribution in [3.8, 4) is 11.3 Å². The molecule has 128 valence electrons. The fourth-order valence-corrected chi connectivity index (χ4v) is 3.09. The molecular weight excluding hydrogens is 302 g/mol. The van der Waals surface area contributed by atoms with Crippen molar-refractivity contribution in [3.05, 3.63) is 30.1 Å². The minimum atomic E-state index is 0.0208. The molecule has 1 amide bonds. The van der Waals surface area contributed by atoms with Gasteiger partial charge in [-0.2, -0.15) is 5.10 Å². The first-order valence-corrected chi connectivity index (χ1v) is 8.70. The van der Waals surface area contributed by atoms with E-state index in [1.807, 2.05) is 25.3 Å². The van der Waals surface area contributed by atoms with E-state index in [1.54, 1.807) is 6.20 Å². The second kappa shape index (κ2) is 8.06. The van der Waals surface area contributed by atoms with E-state index in [-0.39, 0.29) is 5.91 Å². The maximum absolute atomic E-state index is 12.1. The Labute approximate surface area is 142 Å². The molecule has 1 saturated heterocycles. The van der Waals surface area contributed by atoms with Gasteiger partial charge >= 0.3 is 0 Å². The normalized spacial score (nSPS) is 15.4. The highest BCUT2D eigenvalue weighted by Gasteiger charge is 2.11. The molecule has 2 aromatic heterocycles. The third-order valence-electron chi connectivity index (χ3n) is 4.36. The third kappa shape index (κ3) is 4.64. The van der Waals surface area contributed by atoms with Crippen molar-refractivity contribution < 1.29 is 4.79 Å². The summed E-state index contributed by atoms with van der Waals surface area (Å²) in [5, 5.41) is 9.98. The zero-order chi connectivity index (χ0) is 16.8. The van der Waals surface area contributed by atoms with E-state index in [4.69, 9.17) is 0 Å². The van der Waals surface area contributed by atoms with E-state index in [0.29, 0.717) is 12.2 Å². The van der Waals surface area contributed by atoms with Crippen LogP contribution in [-0.4, -0.2) is 45.6 Å². The topological polar surface area (TPSA) is 73.9 Å². The summed E-state index contributed by atoms with van der Waals surface area (Å²) in [7, 11) is 0. The lowest BCUT2D eigenvalue weighted by molar-refractivity contribution is -0.116. The van der Waals surface area contributed by atoms with Crippen molar-refractivity contribution in [2.24, 2.45) is 0 Å². The van der Waals surface area contributed by atoms with Gasteiger partial charge in [-0.3, -0.25) is 14.9 Å². The number of amides is 1. The molecule has 0 bridgehead atoms. The number of rotatable bonds is 6. The monoisotopic (exact) mass is 327 g/mol. The first-order chi connectivity index (χ1) is 11.7. The minimum absolute atomic E-state index is 0.0208. The number of aromatic amines is 1. The molecule has 0 spiro atoms. The van der Waals surface area contributed by atoms with Crippen LogP contribution < -0.4 is 5.32 Å². The number of nitrogens with one attached hydrogen (secondary N) is 2. The number of hydrogen-bond acceptors (Lipinski definition) is 4. The second-order valence-electron chi connectivity index (χ2n) is 6.47. The van der Waals surface area contributed by atoms with E-state index < -0.39 is 0 Å². The first-order valence-electron chi connectivity index (χ1n) is 8.70. The highest BCUT2D eigenvalue weighted by molar-refractivity contribution is 5.90. The van der Waals surface area contributed by atoms with Crippen LogP contribution in [0.25, 0.3) is 11.3 Å². The molecule has 2 aromatic rings. The summed E-state index contributed by atoms with van der Waals surface area (Å²) in [4.78, 5) is 18.7. The van der Waals surface area contributed by atoms with Crippen molar-refractivity contribution in [3.63, 3.8) is 0 Å². The van der Waals surface area contributed by atoms with Crippen molar-refractivity contribution in [1.29, 1.82) is 0 Å². The van der Waals surface area contributed by atoms with Gasteiger partial charge in [0, 0.05) is 30.4 Å². The van der Waals surface area contributed by atoms with Crippen LogP contribution in [0.3, 0.4) is 0 Å². The average molecular weight is 327 g/mol. The summed E-state index contributed by atoms with van der Waals surface area (Å²) in [5.74, 6) is 0.585. The van der Waals surface area contributed by atoms with Crippen LogP contribution in [0.15, 0.2) is 24.5 Å². The van der Waals surface area contributed by atoms with E-state index in [2.05, 4.69) is 25.4 Å². The number of carbonyl (C=O) groups is 1. The molecule has 0 radical (unpaired) electrons. The molecule has 6 nitrogen and oxygen atoms in total. The van der Waals surface area contributed by atoms with Crippen LogP contribution in [0.4, 0.5) is 5.82 Å². The van der Waals surface area contributed by atoms with Gasteiger partial charge in [-0.05, 0) is 57.5 Å². The van der Waals surface area contributed by atoms with Gasteiger partial charge in [0.2, 0.25) is 5.91 Å². The summed E-state index contributed by atoms with van der Waals surface area (Å²) >= 11 is 0. The number of likely N-dealkylation sites (tertiary alicyclic amines) is 1. The summed E-state index contributed by atoms with van der Waals surface area (Å²) in [6, 6.07) is 3.88. The first kappa shape index (κ1) is 16.6. The molecule has 24 heavy (non-hydrogen) atoms. The summed E-state index contributed by atoms with van der Waals surface area (Å²) < 4.78 is 0. The molecule has 0 aliphatic carbocycles. The molecule has 0 saturated carbocycles. The summed E-state index contributed by atoms with van der Waals surface area (Å²) in [5.41, 5.74) is 2.91. The zero-order valence-corrected chi connectivity index (χ0v) is 14.2. The predicted molar refractivity (Wildman–Crippen MR) is 94.7 cm³/mol. The Kier molecular flexibility index (Phi) is 5.59. The molecule has 2 N–H and O–H groups in total. The molecule has 3 rings (SSSR count). The van der Waals surface area contributed by atoms with E-state index in [9.17, 15) is 4.79 Å². The van der Waals surface area contributed by atoms with Gasteiger partial charge in [0.05, 0.1) is 5.69 Å². The summed E-state index contributed by atoms with van der Waals surface area (Å²) in [6.45, 7) is 5.36. The molecule has 0 aromatic carbocycles. The maximum atomic E-state index is 12.1. The third-order valence-corrected chi connectivity index (χ3v) is 4.36. The van der Waals surface area contributed by atoms with Crippen molar-refractivity contribution >= 4 is 11.7 Å². The lowest BCUT2D eigenvalue weighted by Gasteiger charge is -2.26. The largest absolute Gasteiger partial charge is 0.309 e. The molecule has 1 aliphatic rings. The predicted octanol–water partition coefficient (Wildman–Crippen LogP) is 2.98. The number of nitrogens with zero attached hydrogens (tertiary/aromatic N) is 3. The van der Waals surface area contributed by atoms with Crippen LogP contribution in [0.2, 0.25) is 0 Å². The smallest absolute Gasteiger partial charge is 0.225 e. The molecule has 1 fully saturated rings. The second-order valence-corrected chi connectivity index (χ2v) is 6.47. The average Bonchev–Trinajstić information content (AvgIpc) is 3.04. The minimum Gasteiger partial charge on any atom is -0.309 e. The van der Waals surface area contributed by atoms with Crippen LogP contribution in [0.1, 0.15) is 37.7 Å². The Morgan fingerprint density at radius 1 is 1.25 bits per heavy atom. The quantitative estimate of drug-likeness (QED) is 0.855. The Morgan fingerprint density at radius 2 is 2.08 bits per heavy atom. The maximum Gasteiger partial charge on any atom is 0.225 e. The van der Waals surface area contributed by atoms with Crippen LogP contribution >= 0.6 is 0 Å². The fourth-order valence-electron chi connectivity index (χ4n) is 3.09. The molecule has 0 unspecified atom stereocenters. The van der Waals surface area contributed by atoms with Gasteiger partial charge in [-0.15, -0.1) is 0 Å². The van der Waals surface area contributed by atoms with E-state index in [1.165, 1.54) is 32.4 Å². The number of pyridine rings is 1. The highest BCUT2D eigenvalue weighted by Crippen LogP contribution is 2.19. The van der Waals surface area contributed by atoms with Gasteiger partial charge in [-0.25, -0.2) is 0 Å². The van der Waals surface area contributed by atoms with Crippen molar-refractivity contribution in [1.82, 2.24) is 20.1 Å². The van der Waals surface area contributed by atoms with Crippen LogP contribution in [-0.2, 0) is 4.79 Å². The van der Waals surface area contributed by atoms with Gasteiger partial charge in [-0.1, -0.05) is 6.42 Å². The number of anilines is 1. The molecular formula is C18H25N5O. The number of aromatic nitrogens is 3. The Hall–Kier alpha value is -2.21. The highest BCUT2D eigenvalue weighted by atomic mass is 16.1. The Morgan fingerprint density at radius 3 is 2.88 bits per heavy atom. The number of aryl methyl sites for hydroxylation is 1. The van der Waals surface area contributed by atoms with Gasteiger partial charge in [0.1, 0.15) is 0 Å². The number of piperidine rings is 1. The van der Waals surface area contributed by atoms with E-state index in [0.717, 1.165) is 29.8 Å². The number of H-pyrrole nitrogens is 1. The standard InChI is InChI=1S/C18H25N5O/c1-14-10-15(13-19-12-14)16-11-17(22-21-16)20-18(24)6-5-9-23-7-3-2-4-8-23/h10-13H,2-9H2,1H3,(H2,20,21,22,24). The lowest BCUT2D eigenvalue weighted by Crippen LogP contribution is -2.31. The molecule has 1 aliphatic heterocycles. The Balaban J connectivity index is 1.46. The number of hydrogen-bond donors (Lipinski definition) is 2. The van der Waals surface area contributed by atoms with E-state index >= 15 is 0 Å².